The Labute approximate surface area is 263 Å². The predicted octanol–water partition coefficient (Wildman–Crippen LogP) is -1.15. The summed E-state index contributed by atoms with van der Waals surface area (Å²) >= 11 is 0. The van der Waals surface area contributed by atoms with Crippen LogP contribution in [0.25, 0.3) is 21.5 Å². The molecule has 4 rings (SSSR count). The summed E-state index contributed by atoms with van der Waals surface area (Å²) in [6, 6.07) is 16.3. The standard InChI is InChI=1S/C23H16O6.2C3H7NO.Mn.4H2O/c24-20-16(14-7-3-1-5-12(14)9-18(20)22(26)27)11-17-15-8-4-2-6-13(15)10-19(21(17)25)23(28)29;2*1-4(2)3-5;;;;;/h1-10,24-25H,11H2,(H,26,27)(H,28,29);2*3H,1-2H3;;4*1H2/q;;;+2;;;;/p+2. The van der Waals surface area contributed by atoms with Crippen molar-refractivity contribution in [3.8, 4) is 11.5 Å². The number of hydrogen-bond acceptors (Lipinski definition) is 6. The molecule has 0 saturated carbocycles. The number of carboxylic acids is 2. The van der Waals surface area contributed by atoms with Crippen molar-refractivity contribution in [1.29, 1.82) is 0 Å². The molecular formula is C29H40MnN2O12+4. The number of benzene rings is 4. The van der Waals surface area contributed by atoms with Crippen molar-refractivity contribution in [1.82, 2.24) is 9.80 Å². The van der Waals surface area contributed by atoms with Crippen LogP contribution in [-0.4, -0.2) is 73.0 Å². The predicted molar refractivity (Wildman–Crippen MR) is 163 cm³/mol. The van der Waals surface area contributed by atoms with Gasteiger partial charge in [-0.1, -0.05) is 60.0 Å². The molecule has 0 aromatic heterocycles. The minimum atomic E-state index is -1.35. The minimum absolute atomic E-state index is 0. The Kier molecular flexibility index (Phi) is 22.1. The molecule has 0 spiro atoms. The van der Waals surface area contributed by atoms with E-state index in [4.69, 9.17) is 0 Å². The molecule has 0 unspecified atom stereocenters. The van der Waals surface area contributed by atoms with Crippen LogP contribution in [-0.2, 0) is 55.0 Å². The Bertz CT molecular complexity index is 1410. The van der Waals surface area contributed by atoms with Crippen LogP contribution in [0.5, 0.6) is 11.5 Å². The summed E-state index contributed by atoms with van der Waals surface area (Å²) in [6.45, 7) is 0. The van der Waals surface area contributed by atoms with Crippen LogP contribution in [0.4, 0.5) is 0 Å². The van der Waals surface area contributed by atoms with E-state index in [0.29, 0.717) is 21.5 Å². The van der Waals surface area contributed by atoms with Gasteiger partial charge >= 0.3 is 29.0 Å². The van der Waals surface area contributed by atoms with Gasteiger partial charge in [0.1, 0.15) is 0 Å². The van der Waals surface area contributed by atoms with Crippen LogP contribution < -0.4 is 10.2 Å². The van der Waals surface area contributed by atoms with E-state index >= 15 is 0 Å². The van der Waals surface area contributed by atoms with E-state index in [2.05, 4.69) is 0 Å². The molecule has 0 saturated heterocycles. The van der Waals surface area contributed by atoms with Gasteiger partial charge in [-0.05, 0) is 51.2 Å². The maximum absolute atomic E-state index is 12.9. The Balaban J connectivity index is -0.000000468. The van der Waals surface area contributed by atoms with Crippen molar-refractivity contribution in [3.63, 3.8) is 0 Å². The van der Waals surface area contributed by atoms with Gasteiger partial charge in [0.25, 0.3) is 0 Å². The van der Waals surface area contributed by atoms with Crippen LogP contribution in [0, 0.1) is 0 Å². The Morgan fingerprint density at radius 2 is 0.932 bits per heavy atom. The van der Waals surface area contributed by atoms with E-state index in [1.165, 1.54) is 21.9 Å². The van der Waals surface area contributed by atoms with E-state index in [9.17, 15) is 39.6 Å². The van der Waals surface area contributed by atoms with Crippen molar-refractivity contribution in [3.05, 3.63) is 82.9 Å². The Hall–Kier alpha value is -4.76. The summed E-state index contributed by atoms with van der Waals surface area (Å²) in [4.78, 5) is 44.9. The van der Waals surface area contributed by atoms with E-state index < -0.39 is 23.4 Å². The van der Waals surface area contributed by atoms with Gasteiger partial charge in [-0.15, -0.1) is 0 Å². The number of carboxylic acid groups (broad SMARTS) is 2. The molecule has 0 atom stereocenters. The number of amides is 2. The molecule has 241 valence electrons. The molecule has 0 bridgehead atoms. The van der Waals surface area contributed by atoms with Crippen molar-refractivity contribution in [2.45, 2.75) is 6.42 Å². The first kappa shape index (κ1) is 46.2. The molecule has 44 heavy (non-hydrogen) atoms. The average molecular weight is 664 g/mol. The molecule has 0 aliphatic carbocycles. The molecular weight excluding hydrogens is 623 g/mol. The van der Waals surface area contributed by atoms with Crippen molar-refractivity contribution < 1.29 is 78.6 Å². The van der Waals surface area contributed by atoms with Gasteiger partial charge < -0.3 is 52.1 Å². The van der Waals surface area contributed by atoms with Gasteiger partial charge in [-0.2, -0.15) is 0 Å². The fraction of sp³-hybridized carbons (Fsp3) is 0.172. The van der Waals surface area contributed by atoms with Gasteiger partial charge in [-0.25, -0.2) is 9.59 Å². The smallest absolute Gasteiger partial charge is 0.872 e. The molecule has 15 heteroatoms. The fourth-order valence-corrected chi connectivity index (χ4v) is 3.65. The minimum Gasteiger partial charge on any atom is -0.872 e. The molecule has 0 aliphatic heterocycles. The van der Waals surface area contributed by atoms with Gasteiger partial charge in [0.2, 0.25) is 12.8 Å². The van der Waals surface area contributed by atoms with E-state index in [1.54, 1.807) is 76.7 Å². The van der Waals surface area contributed by atoms with Crippen LogP contribution in [0.15, 0.2) is 60.7 Å². The summed E-state index contributed by atoms with van der Waals surface area (Å²) in [5, 5.41) is 46.8. The number of rotatable bonds is 6. The zero-order chi connectivity index (χ0) is 29.3. The SMILES string of the molecule is CN(C)C=O.CN(C)C=O.O=C(O)c1cc2ccccc2c(Cc2c([O-])c(C(=O)O)cc3ccccc23)c1[O-].[Mn+2].[OH3+].[OH3+].[OH3+].[OH3+]. The summed E-state index contributed by atoms with van der Waals surface area (Å²) in [7, 11) is 6.75. The largest absolute Gasteiger partial charge is 2.00 e. The summed E-state index contributed by atoms with van der Waals surface area (Å²) in [5.74, 6) is -4.07. The van der Waals surface area contributed by atoms with Crippen LogP contribution in [0.2, 0.25) is 0 Å². The van der Waals surface area contributed by atoms with Gasteiger partial charge in [0.15, 0.2) is 0 Å². The zero-order valence-corrected chi connectivity index (χ0v) is 25.7. The van der Waals surface area contributed by atoms with Crippen molar-refractivity contribution in [2.75, 3.05) is 28.2 Å². The first-order valence-corrected chi connectivity index (χ1v) is 11.6. The third-order valence-corrected chi connectivity index (χ3v) is 5.44. The molecule has 14 N–H and O–H groups in total. The molecule has 1 radical (unpaired) electrons. The number of carbonyl (C=O) groups is 4. The molecule has 2 amide bonds. The number of hydrogen-bond donors (Lipinski definition) is 2. The van der Waals surface area contributed by atoms with Crippen molar-refractivity contribution in [2.24, 2.45) is 0 Å². The van der Waals surface area contributed by atoms with Crippen LogP contribution in [0.1, 0.15) is 31.8 Å². The molecule has 14 nitrogen and oxygen atoms in total. The first-order chi connectivity index (χ1) is 18.4. The summed E-state index contributed by atoms with van der Waals surface area (Å²) in [5.41, 5.74) is -0.453. The number of nitrogens with zero attached hydrogens (tertiary/aromatic N) is 2. The molecule has 0 fully saturated rings. The average Bonchev–Trinajstić information content (AvgIpc) is 2.91. The van der Waals surface area contributed by atoms with Gasteiger partial charge in [0.05, 0.1) is 11.1 Å². The molecule has 4 aromatic rings. The van der Waals surface area contributed by atoms with Gasteiger partial charge in [0, 0.05) is 28.2 Å². The number of carbonyl (C=O) groups excluding carboxylic acids is 2. The first-order valence-electron chi connectivity index (χ1n) is 11.6. The van der Waals surface area contributed by atoms with E-state index in [-0.39, 0.29) is 67.6 Å². The van der Waals surface area contributed by atoms with Crippen LogP contribution >= 0.6 is 0 Å². The number of fused-ring (bicyclic) bond motifs is 2. The van der Waals surface area contributed by atoms with Crippen molar-refractivity contribution >= 4 is 46.3 Å². The second-order valence-electron chi connectivity index (χ2n) is 8.83. The summed E-state index contributed by atoms with van der Waals surface area (Å²) in [6.07, 6.45) is 1.33. The second-order valence-corrected chi connectivity index (χ2v) is 8.83. The normalized spacial score (nSPS) is 8.82. The molecule has 4 aromatic carbocycles. The monoisotopic (exact) mass is 663 g/mol. The molecule has 0 aliphatic rings. The summed E-state index contributed by atoms with van der Waals surface area (Å²) < 4.78 is 0. The third-order valence-electron chi connectivity index (χ3n) is 5.44. The fourth-order valence-electron chi connectivity index (χ4n) is 3.65. The second kappa shape index (κ2) is 21.0. The topological polar surface area (TPSA) is 293 Å². The van der Waals surface area contributed by atoms with Crippen LogP contribution in [0.3, 0.4) is 0 Å². The van der Waals surface area contributed by atoms with E-state index in [1.807, 2.05) is 0 Å². The quantitative estimate of drug-likeness (QED) is 0.144. The van der Waals surface area contributed by atoms with E-state index in [0.717, 1.165) is 12.8 Å². The third kappa shape index (κ3) is 11.5. The molecule has 0 heterocycles. The zero-order valence-electron chi connectivity index (χ0n) is 24.6. The Morgan fingerprint density at radius 3 is 1.18 bits per heavy atom. The maximum atomic E-state index is 12.9. The number of aromatic carboxylic acids is 2. The van der Waals surface area contributed by atoms with Gasteiger partial charge in [-0.3, -0.25) is 9.59 Å². The Morgan fingerprint density at radius 1 is 0.659 bits per heavy atom. The maximum Gasteiger partial charge on any atom is 2.00 e.